The highest BCUT2D eigenvalue weighted by molar-refractivity contribution is 5.74. The van der Waals surface area contributed by atoms with Gasteiger partial charge in [-0.05, 0) is 75.0 Å². The third-order valence-electron chi connectivity index (χ3n) is 9.14. The highest BCUT2D eigenvalue weighted by Crippen LogP contribution is 2.66. The number of hydrogen-bond donors (Lipinski definition) is 4. The van der Waals surface area contributed by atoms with Crippen molar-refractivity contribution >= 4 is 5.97 Å². The van der Waals surface area contributed by atoms with Crippen LogP contribution in [0, 0.1) is 0 Å². The van der Waals surface area contributed by atoms with Crippen LogP contribution in [0.2, 0.25) is 0 Å². The van der Waals surface area contributed by atoms with Crippen molar-refractivity contribution in [2.24, 2.45) is 0 Å². The van der Waals surface area contributed by atoms with Crippen LogP contribution in [-0.2, 0) is 27.8 Å². The summed E-state index contributed by atoms with van der Waals surface area (Å²) >= 11 is 0. The minimum atomic E-state index is -0.928. The van der Waals surface area contributed by atoms with Crippen LogP contribution in [0.4, 0.5) is 0 Å². The van der Waals surface area contributed by atoms with Crippen LogP contribution in [0.15, 0.2) is 36.4 Å². The number of phenols is 2. The van der Waals surface area contributed by atoms with E-state index in [1.165, 1.54) is 5.56 Å². The quantitative estimate of drug-likeness (QED) is 0.498. The Morgan fingerprint density at radius 2 is 2.00 bits per heavy atom. The normalized spacial score (nSPS) is 33.6. The molecule has 0 unspecified atom stereocenters. The van der Waals surface area contributed by atoms with Gasteiger partial charge in [0, 0.05) is 24.8 Å². The van der Waals surface area contributed by atoms with E-state index in [0.29, 0.717) is 12.2 Å². The predicted octanol–water partition coefficient (Wildman–Crippen LogP) is 2.19. The zero-order valence-corrected chi connectivity index (χ0v) is 20.0. The number of phenolic OH excluding ortho intramolecular Hbond substituents is 2. The second-order valence-corrected chi connectivity index (χ2v) is 10.6. The molecule has 4 aliphatic rings. The molecule has 186 valence electrons. The van der Waals surface area contributed by atoms with Crippen molar-refractivity contribution in [3.8, 4) is 17.2 Å². The van der Waals surface area contributed by atoms with Crippen LogP contribution in [0.1, 0.15) is 36.0 Å². The molecule has 2 aliphatic carbocycles. The summed E-state index contributed by atoms with van der Waals surface area (Å²) in [6.07, 6.45) is 3.06. The molecule has 1 saturated heterocycles. The molecule has 2 bridgehead atoms. The van der Waals surface area contributed by atoms with Crippen LogP contribution in [-0.4, -0.2) is 76.7 Å². The van der Waals surface area contributed by atoms with Crippen molar-refractivity contribution in [1.29, 1.82) is 0 Å². The van der Waals surface area contributed by atoms with Crippen molar-refractivity contribution in [3.05, 3.63) is 53.1 Å². The number of ether oxygens (including phenoxy) is 2. The highest BCUT2D eigenvalue weighted by Gasteiger charge is 2.73. The molecule has 0 radical (unpaired) electrons. The van der Waals surface area contributed by atoms with E-state index >= 15 is 0 Å². The molecule has 2 fully saturated rings. The van der Waals surface area contributed by atoms with Gasteiger partial charge in [0.1, 0.15) is 17.9 Å². The molecule has 2 aliphatic heterocycles. The Bertz CT molecular complexity index is 1170. The molecule has 2 aromatic carbocycles. The number of methoxy groups -OCH3 is 1. The predicted molar refractivity (Wildman–Crippen MR) is 128 cm³/mol. The number of aromatic hydroxyl groups is 2. The third kappa shape index (κ3) is 3.00. The van der Waals surface area contributed by atoms with Crippen LogP contribution in [0.5, 0.6) is 17.2 Å². The van der Waals surface area contributed by atoms with E-state index in [1.54, 1.807) is 37.4 Å². The Kier molecular flexibility index (Phi) is 5.08. The molecule has 6 rings (SSSR count). The topological polar surface area (TPSA) is 111 Å². The van der Waals surface area contributed by atoms with Crippen molar-refractivity contribution in [2.45, 2.75) is 67.3 Å². The van der Waals surface area contributed by atoms with Gasteiger partial charge in [-0.3, -0.25) is 10.1 Å². The SMILES string of the molecule is CO[C@@]12CC[C@H](N[C@@H](Cc3ccc(O)cc3)C(=O)O)[C@@H]3Oc4c(O)ccc5c4[C@@]31CCN(C)[C@@H]2C5. The first kappa shape index (κ1) is 22.6. The molecular weight excluding hydrogens is 448 g/mol. The summed E-state index contributed by atoms with van der Waals surface area (Å²) in [6, 6.07) is 9.50. The Morgan fingerprint density at radius 1 is 1.23 bits per heavy atom. The Balaban J connectivity index is 1.40. The summed E-state index contributed by atoms with van der Waals surface area (Å²) in [4.78, 5) is 14.7. The Hall–Kier alpha value is -2.81. The van der Waals surface area contributed by atoms with E-state index in [1.807, 2.05) is 6.07 Å². The van der Waals surface area contributed by atoms with Gasteiger partial charge in [0.05, 0.1) is 11.0 Å². The molecular formula is C27H32N2O6. The van der Waals surface area contributed by atoms with Crippen molar-refractivity contribution < 1.29 is 29.6 Å². The maximum Gasteiger partial charge on any atom is 0.321 e. The average molecular weight is 481 g/mol. The van der Waals surface area contributed by atoms with Gasteiger partial charge >= 0.3 is 5.97 Å². The number of nitrogens with zero attached hydrogens (tertiary/aromatic N) is 1. The van der Waals surface area contributed by atoms with Gasteiger partial charge in [0.25, 0.3) is 0 Å². The number of benzene rings is 2. The molecule has 6 atom stereocenters. The third-order valence-corrected chi connectivity index (χ3v) is 9.14. The van der Waals surface area contributed by atoms with E-state index < -0.39 is 23.0 Å². The van der Waals surface area contributed by atoms with Gasteiger partial charge in [0.2, 0.25) is 0 Å². The van der Waals surface area contributed by atoms with Crippen LogP contribution < -0.4 is 10.1 Å². The van der Waals surface area contributed by atoms with Gasteiger partial charge in [-0.2, -0.15) is 0 Å². The van der Waals surface area contributed by atoms with Crippen molar-refractivity contribution in [3.63, 3.8) is 0 Å². The first-order chi connectivity index (χ1) is 16.8. The first-order valence-corrected chi connectivity index (χ1v) is 12.3. The Morgan fingerprint density at radius 3 is 2.71 bits per heavy atom. The molecule has 1 saturated carbocycles. The summed E-state index contributed by atoms with van der Waals surface area (Å²) in [5.41, 5.74) is 2.15. The van der Waals surface area contributed by atoms with E-state index in [4.69, 9.17) is 9.47 Å². The number of piperidine rings is 1. The maximum absolute atomic E-state index is 12.3. The van der Waals surface area contributed by atoms with Crippen LogP contribution in [0.3, 0.4) is 0 Å². The maximum atomic E-state index is 12.3. The van der Waals surface area contributed by atoms with Gasteiger partial charge < -0.3 is 29.7 Å². The summed E-state index contributed by atoms with van der Waals surface area (Å²) in [5, 5.41) is 33.9. The second-order valence-electron chi connectivity index (χ2n) is 10.6. The summed E-state index contributed by atoms with van der Waals surface area (Å²) in [5.74, 6) is -0.107. The van der Waals surface area contributed by atoms with Gasteiger partial charge in [0.15, 0.2) is 11.5 Å². The molecule has 35 heavy (non-hydrogen) atoms. The van der Waals surface area contributed by atoms with Crippen LogP contribution in [0.25, 0.3) is 0 Å². The zero-order valence-electron chi connectivity index (χ0n) is 20.0. The summed E-state index contributed by atoms with van der Waals surface area (Å²) < 4.78 is 13.0. The number of aliphatic carboxylic acids is 1. The monoisotopic (exact) mass is 480 g/mol. The number of likely N-dealkylation sites (tertiary alicyclic amines) is 1. The summed E-state index contributed by atoms with van der Waals surface area (Å²) in [6.45, 7) is 0.882. The summed E-state index contributed by atoms with van der Waals surface area (Å²) in [7, 11) is 3.94. The minimum Gasteiger partial charge on any atom is -0.508 e. The van der Waals surface area contributed by atoms with E-state index in [9.17, 15) is 20.1 Å². The number of rotatable bonds is 6. The Labute approximate surface area is 204 Å². The molecule has 0 aromatic heterocycles. The molecule has 1 spiro atoms. The lowest BCUT2D eigenvalue weighted by Crippen LogP contribution is -2.78. The van der Waals surface area contributed by atoms with Crippen molar-refractivity contribution in [1.82, 2.24) is 10.2 Å². The molecule has 4 N–H and O–H groups in total. The fourth-order valence-electron chi connectivity index (χ4n) is 7.65. The van der Waals surface area contributed by atoms with Gasteiger partial charge in [-0.15, -0.1) is 0 Å². The first-order valence-electron chi connectivity index (χ1n) is 12.3. The molecule has 0 amide bonds. The lowest BCUT2D eigenvalue weighted by atomic mass is 9.48. The van der Waals surface area contributed by atoms with Gasteiger partial charge in [-0.25, -0.2) is 0 Å². The lowest BCUT2D eigenvalue weighted by molar-refractivity contribution is -0.204. The van der Waals surface area contributed by atoms with Crippen LogP contribution >= 0.6 is 0 Å². The van der Waals surface area contributed by atoms with E-state index in [2.05, 4.69) is 17.3 Å². The smallest absolute Gasteiger partial charge is 0.321 e. The standard InChI is InChI=1S/C27H32N2O6/c1-29-12-11-26-22-16-5-8-20(31)23(22)35-24(26)18(9-10-27(26,34-2)21(29)14-16)28-19(25(32)33)13-15-3-6-17(30)7-4-15/h3-8,18-19,21,24,28,30-31H,9-14H2,1-2H3,(H,32,33)/t18-,19-,21+,24-,26-,27+/m0/s1. The molecule has 8 nitrogen and oxygen atoms in total. The fraction of sp³-hybridized carbons (Fsp3) is 0.519. The second kappa shape index (κ2) is 7.85. The lowest BCUT2D eigenvalue weighted by Gasteiger charge is -2.65. The molecule has 2 heterocycles. The number of carboxylic acid groups (broad SMARTS) is 1. The molecule has 2 aromatic rings. The van der Waals surface area contributed by atoms with Crippen molar-refractivity contribution in [2.75, 3.05) is 20.7 Å². The number of hydrogen-bond acceptors (Lipinski definition) is 7. The fourth-order valence-corrected chi connectivity index (χ4v) is 7.65. The van der Waals surface area contributed by atoms with E-state index in [-0.39, 0.29) is 36.1 Å². The minimum absolute atomic E-state index is 0.132. The number of likely N-dealkylation sites (N-methyl/N-ethyl adjacent to an activating group) is 1. The number of nitrogens with one attached hydrogen (secondary N) is 1. The number of carboxylic acids is 1. The zero-order chi connectivity index (χ0) is 24.5. The molecule has 8 heteroatoms. The van der Waals surface area contributed by atoms with Gasteiger partial charge in [-0.1, -0.05) is 18.2 Å². The highest BCUT2D eigenvalue weighted by atomic mass is 16.5. The van der Waals surface area contributed by atoms with E-state index in [0.717, 1.165) is 36.9 Å². The average Bonchev–Trinajstić information content (AvgIpc) is 3.20. The largest absolute Gasteiger partial charge is 0.508 e. The number of carbonyl (C=O) groups is 1.